The van der Waals surface area contributed by atoms with Crippen molar-refractivity contribution in [1.82, 2.24) is 15.5 Å². The van der Waals surface area contributed by atoms with E-state index in [-0.39, 0.29) is 31.0 Å². The van der Waals surface area contributed by atoms with Crippen LogP contribution in [0.1, 0.15) is 40.5 Å². The van der Waals surface area contributed by atoms with Crippen molar-refractivity contribution >= 4 is 17.9 Å². The fraction of sp³-hybridized carbons (Fsp3) is 0.591. The van der Waals surface area contributed by atoms with Crippen LogP contribution >= 0.6 is 0 Å². The fourth-order valence-electron chi connectivity index (χ4n) is 3.05. The average Bonchev–Trinajstić information content (AvgIpc) is 2.71. The molecule has 3 amide bonds. The molecule has 31 heavy (non-hydrogen) atoms. The first-order chi connectivity index (χ1) is 14.7. The number of benzene rings is 1. The average molecular weight is 436 g/mol. The lowest BCUT2D eigenvalue weighted by atomic mass is 10.0. The second-order valence-electron chi connectivity index (χ2n) is 8.27. The van der Waals surface area contributed by atoms with Crippen LogP contribution in [0.2, 0.25) is 0 Å². The molecule has 0 spiro atoms. The topological polar surface area (TPSA) is 106 Å². The molecule has 1 aromatic carbocycles. The highest BCUT2D eigenvalue weighted by molar-refractivity contribution is 5.82. The summed E-state index contributed by atoms with van der Waals surface area (Å²) in [6.07, 6.45) is 0.663. The van der Waals surface area contributed by atoms with Crippen LogP contribution in [-0.4, -0.2) is 67.3 Å². The van der Waals surface area contributed by atoms with Crippen molar-refractivity contribution in [2.75, 3.05) is 32.8 Å². The SMILES string of the molecule is CCOc1ccc(OCC(=O)N2CCC(NC(=O)CNC(=O)OC(C)(C)C)CC2)cc1. The zero-order chi connectivity index (χ0) is 22.9. The minimum atomic E-state index is -0.629. The largest absolute Gasteiger partial charge is 0.494 e. The molecule has 0 unspecified atom stereocenters. The minimum Gasteiger partial charge on any atom is -0.494 e. The molecule has 1 heterocycles. The quantitative estimate of drug-likeness (QED) is 0.648. The predicted molar refractivity (Wildman–Crippen MR) is 115 cm³/mol. The molecule has 1 fully saturated rings. The minimum absolute atomic E-state index is 0.0369. The van der Waals surface area contributed by atoms with E-state index < -0.39 is 11.7 Å². The van der Waals surface area contributed by atoms with Gasteiger partial charge in [-0.1, -0.05) is 0 Å². The van der Waals surface area contributed by atoms with Gasteiger partial charge in [0.15, 0.2) is 6.61 Å². The molecule has 0 aliphatic carbocycles. The van der Waals surface area contributed by atoms with Crippen molar-refractivity contribution in [2.24, 2.45) is 0 Å². The molecule has 172 valence electrons. The first-order valence-electron chi connectivity index (χ1n) is 10.6. The summed E-state index contributed by atoms with van der Waals surface area (Å²) in [5.41, 5.74) is -0.615. The molecular weight excluding hydrogens is 402 g/mol. The van der Waals surface area contributed by atoms with E-state index in [9.17, 15) is 14.4 Å². The molecule has 0 bridgehead atoms. The Kier molecular flexibility index (Phi) is 8.96. The summed E-state index contributed by atoms with van der Waals surface area (Å²) >= 11 is 0. The van der Waals surface area contributed by atoms with Crippen LogP contribution in [0, 0.1) is 0 Å². The number of carbonyl (C=O) groups is 3. The molecule has 0 aromatic heterocycles. The number of carbonyl (C=O) groups excluding carboxylic acids is 3. The van der Waals surface area contributed by atoms with Gasteiger partial charge >= 0.3 is 6.09 Å². The Hall–Kier alpha value is -2.97. The molecular formula is C22H33N3O6. The smallest absolute Gasteiger partial charge is 0.408 e. The lowest BCUT2D eigenvalue weighted by molar-refractivity contribution is -0.134. The van der Waals surface area contributed by atoms with Crippen LogP contribution in [0.5, 0.6) is 11.5 Å². The van der Waals surface area contributed by atoms with Gasteiger partial charge in [0, 0.05) is 19.1 Å². The number of rotatable bonds is 8. The van der Waals surface area contributed by atoms with E-state index in [4.69, 9.17) is 14.2 Å². The molecule has 1 aromatic rings. The highest BCUT2D eigenvalue weighted by atomic mass is 16.6. The second kappa shape index (κ2) is 11.4. The lowest BCUT2D eigenvalue weighted by Crippen LogP contribution is -2.49. The number of amides is 3. The number of piperidine rings is 1. The Balaban J connectivity index is 1.65. The van der Waals surface area contributed by atoms with Gasteiger partial charge in [0.25, 0.3) is 5.91 Å². The number of alkyl carbamates (subject to hydrolysis) is 1. The highest BCUT2D eigenvalue weighted by Gasteiger charge is 2.24. The molecule has 9 nitrogen and oxygen atoms in total. The second-order valence-corrected chi connectivity index (χ2v) is 8.27. The Labute approximate surface area is 183 Å². The summed E-state index contributed by atoms with van der Waals surface area (Å²) in [5, 5.41) is 5.32. The first kappa shape index (κ1) is 24.3. The van der Waals surface area contributed by atoms with Crippen molar-refractivity contribution in [3.05, 3.63) is 24.3 Å². The molecule has 2 rings (SSSR count). The van der Waals surface area contributed by atoms with Gasteiger partial charge in [0.2, 0.25) is 5.91 Å². The van der Waals surface area contributed by atoms with Gasteiger partial charge in [-0.05, 0) is 64.8 Å². The van der Waals surface area contributed by atoms with Gasteiger partial charge in [-0.3, -0.25) is 9.59 Å². The van der Waals surface area contributed by atoms with Crippen LogP contribution in [0.4, 0.5) is 4.79 Å². The monoisotopic (exact) mass is 435 g/mol. The van der Waals surface area contributed by atoms with Gasteiger partial charge in [0.05, 0.1) is 6.61 Å². The normalized spacial score (nSPS) is 14.5. The standard InChI is InChI=1S/C22H33N3O6/c1-5-29-17-6-8-18(9-7-17)30-15-20(27)25-12-10-16(11-13-25)24-19(26)14-23-21(28)31-22(2,3)4/h6-9,16H,5,10-15H2,1-4H3,(H,23,28)(H,24,26). The van der Waals surface area contributed by atoms with Crippen LogP contribution in [0.3, 0.4) is 0 Å². The number of likely N-dealkylation sites (tertiary alicyclic amines) is 1. The van der Waals surface area contributed by atoms with Crippen molar-refractivity contribution in [1.29, 1.82) is 0 Å². The summed E-state index contributed by atoms with van der Waals surface area (Å²) < 4.78 is 16.0. The molecule has 1 aliphatic rings. The van der Waals surface area contributed by atoms with E-state index >= 15 is 0 Å². The summed E-state index contributed by atoms with van der Waals surface area (Å²) in [6, 6.07) is 7.10. The Bertz CT molecular complexity index is 737. The van der Waals surface area contributed by atoms with E-state index in [0.29, 0.717) is 38.3 Å². The van der Waals surface area contributed by atoms with Crippen molar-refractivity contribution in [3.8, 4) is 11.5 Å². The van der Waals surface area contributed by atoms with E-state index in [2.05, 4.69) is 10.6 Å². The summed E-state index contributed by atoms with van der Waals surface area (Å²) in [5.74, 6) is 0.989. The third-order valence-electron chi connectivity index (χ3n) is 4.50. The van der Waals surface area contributed by atoms with Crippen molar-refractivity contribution < 1.29 is 28.6 Å². The van der Waals surface area contributed by atoms with Crippen LogP contribution in [0.15, 0.2) is 24.3 Å². The predicted octanol–water partition coefficient (Wildman–Crippen LogP) is 2.10. The molecule has 2 N–H and O–H groups in total. The summed E-state index contributed by atoms with van der Waals surface area (Å²) in [4.78, 5) is 37.8. The van der Waals surface area contributed by atoms with E-state index in [1.807, 2.05) is 6.92 Å². The maximum absolute atomic E-state index is 12.4. The summed E-state index contributed by atoms with van der Waals surface area (Å²) in [7, 11) is 0. The molecule has 9 heteroatoms. The van der Waals surface area contributed by atoms with Crippen LogP contribution in [-0.2, 0) is 14.3 Å². The maximum atomic E-state index is 12.4. The fourth-order valence-corrected chi connectivity index (χ4v) is 3.05. The number of nitrogens with zero attached hydrogens (tertiary/aromatic N) is 1. The third kappa shape index (κ3) is 9.15. The number of hydrogen-bond acceptors (Lipinski definition) is 6. The van der Waals surface area contributed by atoms with Crippen LogP contribution < -0.4 is 20.1 Å². The Morgan fingerprint density at radius 2 is 1.61 bits per heavy atom. The first-order valence-corrected chi connectivity index (χ1v) is 10.6. The van der Waals surface area contributed by atoms with Gasteiger partial charge in [-0.15, -0.1) is 0 Å². The van der Waals surface area contributed by atoms with Crippen LogP contribution in [0.25, 0.3) is 0 Å². The number of hydrogen-bond donors (Lipinski definition) is 2. The third-order valence-corrected chi connectivity index (χ3v) is 4.50. The Morgan fingerprint density at radius 3 is 2.16 bits per heavy atom. The number of ether oxygens (including phenoxy) is 3. The van der Waals surface area contributed by atoms with Gasteiger partial charge in [0.1, 0.15) is 23.6 Å². The van der Waals surface area contributed by atoms with Gasteiger partial charge < -0.3 is 29.7 Å². The van der Waals surface area contributed by atoms with E-state index in [1.165, 1.54) is 0 Å². The van der Waals surface area contributed by atoms with Crippen molar-refractivity contribution in [3.63, 3.8) is 0 Å². The highest BCUT2D eigenvalue weighted by Crippen LogP contribution is 2.18. The van der Waals surface area contributed by atoms with Gasteiger partial charge in [-0.25, -0.2) is 4.79 Å². The zero-order valence-electron chi connectivity index (χ0n) is 18.7. The van der Waals surface area contributed by atoms with E-state index in [1.54, 1.807) is 49.9 Å². The zero-order valence-corrected chi connectivity index (χ0v) is 18.7. The van der Waals surface area contributed by atoms with Crippen molar-refractivity contribution in [2.45, 2.75) is 52.2 Å². The molecule has 1 aliphatic heterocycles. The van der Waals surface area contributed by atoms with Gasteiger partial charge in [-0.2, -0.15) is 0 Å². The molecule has 0 atom stereocenters. The molecule has 0 saturated carbocycles. The lowest BCUT2D eigenvalue weighted by Gasteiger charge is -2.32. The molecule has 1 saturated heterocycles. The molecule has 0 radical (unpaired) electrons. The number of nitrogens with one attached hydrogen (secondary N) is 2. The maximum Gasteiger partial charge on any atom is 0.408 e. The van der Waals surface area contributed by atoms with E-state index in [0.717, 1.165) is 5.75 Å². The Morgan fingerprint density at radius 1 is 1.03 bits per heavy atom. The summed E-state index contributed by atoms with van der Waals surface area (Å²) in [6.45, 7) is 8.66.